The maximum Gasteiger partial charge on any atom is 0.307 e. The number of ether oxygens (including phenoxy) is 2. The van der Waals surface area contributed by atoms with Crippen LogP contribution < -0.4 is 5.73 Å². The molecule has 258 valence electrons. The Labute approximate surface area is 276 Å². The zero-order valence-corrected chi connectivity index (χ0v) is 30.2. The quantitative estimate of drug-likeness (QED) is 0.306. The number of carboxylic acids is 1. The first-order chi connectivity index (χ1) is 21.4. The second-order valence-electron chi connectivity index (χ2n) is 18.3. The second-order valence-corrected chi connectivity index (χ2v) is 18.3. The van der Waals surface area contributed by atoms with Crippen LogP contribution in [0.5, 0.6) is 0 Å². The van der Waals surface area contributed by atoms with Gasteiger partial charge in [0.2, 0.25) is 0 Å². The lowest BCUT2D eigenvalue weighted by atomic mass is 9.34. The first kappa shape index (κ1) is 34.0. The Bertz CT molecular complexity index is 1340. The molecule has 12 atom stereocenters. The highest BCUT2D eigenvalue weighted by atomic mass is 16.5. The van der Waals surface area contributed by atoms with E-state index >= 15 is 0 Å². The molecule has 0 radical (unpaired) electrons. The van der Waals surface area contributed by atoms with Gasteiger partial charge in [0.1, 0.15) is 6.04 Å². The fourth-order valence-electron chi connectivity index (χ4n) is 11.8. The van der Waals surface area contributed by atoms with Gasteiger partial charge in [-0.2, -0.15) is 4.80 Å². The van der Waals surface area contributed by atoms with Crippen molar-refractivity contribution in [1.82, 2.24) is 20.2 Å². The van der Waals surface area contributed by atoms with E-state index in [0.29, 0.717) is 37.6 Å². The molecule has 2 heterocycles. The van der Waals surface area contributed by atoms with Gasteiger partial charge in [-0.3, -0.25) is 4.79 Å². The van der Waals surface area contributed by atoms with Gasteiger partial charge in [0.05, 0.1) is 31.8 Å². The highest BCUT2D eigenvalue weighted by Gasteiger charge is 2.72. The van der Waals surface area contributed by atoms with Crippen LogP contribution in [-0.2, 0) is 14.3 Å². The summed E-state index contributed by atoms with van der Waals surface area (Å²) in [7, 11) is 0. The standard InChI is InChI=1S/C37H61N5O4/c1-22(2)24(5)33(7)15-16-34(8)25-11-12-28-32(6)17-27(42-40-21-39-41-42)30(46-19-36(10,38)23(3)4)37(28,20-45-18-32)26(25)13-14-35(34,9)29(33)31(43)44/h13,21-25,27-30H,11-12,14-20,38H2,1-10H3,(H,43,44)/t24-,25+,27-,28-,29-,30+,32-,33-,34-,35+,36?,37+/m1/s1. The van der Waals surface area contributed by atoms with Crippen molar-refractivity contribution in [2.75, 3.05) is 19.8 Å². The lowest BCUT2D eigenvalue weighted by Gasteiger charge is -2.71. The highest BCUT2D eigenvalue weighted by molar-refractivity contribution is 5.73. The molecule has 46 heavy (non-hydrogen) atoms. The molecule has 0 spiro atoms. The summed E-state index contributed by atoms with van der Waals surface area (Å²) in [4.78, 5) is 15.3. The minimum absolute atomic E-state index is 0.0740. The van der Waals surface area contributed by atoms with E-state index in [1.54, 1.807) is 4.80 Å². The van der Waals surface area contributed by atoms with E-state index in [1.165, 1.54) is 11.9 Å². The normalized spacial score (nSPS) is 45.7. The van der Waals surface area contributed by atoms with Crippen molar-refractivity contribution >= 4 is 5.97 Å². The van der Waals surface area contributed by atoms with E-state index in [1.807, 2.05) is 0 Å². The number of carbonyl (C=O) groups is 1. The summed E-state index contributed by atoms with van der Waals surface area (Å²) >= 11 is 0. The summed E-state index contributed by atoms with van der Waals surface area (Å²) in [5.41, 5.74) is 6.52. The summed E-state index contributed by atoms with van der Waals surface area (Å²) in [6.45, 7) is 24.3. The van der Waals surface area contributed by atoms with Crippen LogP contribution >= 0.6 is 0 Å². The number of fused-ring (bicyclic) bond motifs is 3. The van der Waals surface area contributed by atoms with Crippen LogP contribution in [0.1, 0.15) is 114 Å². The third-order valence-corrected chi connectivity index (χ3v) is 15.6. The van der Waals surface area contributed by atoms with E-state index in [-0.39, 0.29) is 51.1 Å². The smallest absolute Gasteiger partial charge is 0.307 e. The summed E-state index contributed by atoms with van der Waals surface area (Å²) in [5.74, 6) is 0.535. The molecule has 1 aromatic rings. The number of nitrogens with zero attached hydrogens (tertiary/aromatic N) is 4. The zero-order valence-electron chi connectivity index (χ0n) is 30.2. The number of tetrazole rings is 1. The summed E-state index contributed by atoms with van der Waals surface area (Å²) < 4.78 is 13.8. The van der Waals surface area contributed by atoms with Crippen molar-refractivity contribution in [3.8, 4) is 0 Å². The van der Waals surface area contributed by atoms with Gasteiger partial charge >= 0.3 is 5.97 Å². The molecule has 3 saturated carbocycles. The minimum atomic E-state index is -0.632. The Kier molecular flexibility index (Phi) is 8.21. The van der Waals surface area contributed by atoms with Gasteiger partial charge in [0, 0.05) is 11.0 Å². The fraction of sp³-hybridized carbons (Fsp3) is 0.892. The van der Waals surface area contributed by atoms with Crippen LogP contribution in [0, 0.1) is 62.6 Å². The molecular formula is C37H61N5O4. The molecule has 3 N–H and O–H groups in total. The minimum Gasteiger partial charge on any atom is -0.481 e. The first-order valence-corrected chi connectivity index (χ1v) is 18.0. The monoisotopic (exact) mass is 639 g/mol. The molecular weight excluding hydrogens is 578 g/mol. The Hall–Kier alpha value is -1.84. The van der Waals surface area contributed by atoms with Gasteiger partial charge in [0.25, 0.3) is 0 Å². The second kappa shape index (κ2) is 11.1. The van der Waals surface area contributed by atoms with Gasteiger partial charge in [-0.1, -0.05) is 74.0 Å². The lowest BCUT2D eigenvalue weighted by Crippen LogP contribution is -2.70. The number of aliphatic carboxylic acids is 1. The number of hydrogen-bond acceptors (Lipinski definition) is 7. The van der Waals surface area contributed by atoms with E-state index in [9.17, 15) is 9.90 Å². The molecule has 5 aliphatic rings. The van der Waals surface area contributed by atoms with Crippen molar-refractivity contribution in [2.45, 2.75) is 125 Å². The number of nitrogens with two attached hydrogens (primary N) is 1. The molecule has 1 unspecified atom stereocenters. The Morgan fingerprint density at radius 1 is 1.13 bits per heavy atom. The Morgan fingerprint density at radius 3 is 2.46 bits per heavy atom. The molecule has 9 nitrogen and oxygen atoms in total. The average molecular weight is 640 g/mol. The number of allylic oxidation sites excluding steroid dienone is 1. The first-order valence-electron chi connectivity index (χ1n) is 18.0. The highest BCUT2D eigenvalue weighted by Crippen LogP contribution is 2.75. The maximum atomic E-state index is 13.5. The van der Waals surface area contributed by atoms with E-state index in [0.717, 1.165) is 38.5 Å². The van der Waals surface area contributed by atoms with Gasteiger partial charge < -0.3 is 20.3 Å². The van der Waals surface area contributed by atoms with Crippen LogP contribution in [0.3, 0.4) is 0 Å². The molecule has 6 rings (SSSR count). The summed E-state index contributed by atoms with van der Waals surface area (Å²) in [6, 6.07) is -0.107. The molecule has 0 aromatic carbocycles. The fourth-order valence-corrected chi connectivity index (χ4v) is 11.8. The zero-order chi connectivity index (χ0) is 33.7. The molecule has 4 aliphatic carbocycles. The van der Waals surface area contributed by atoms with Gasteiger partial charge in [-0.25, -0.2) is 0 Å². The lowest BCUT2D eigenvalue weighted by molar-refractivity contribution is -0.255. The molecule has 4 fully saturated rings. The maximum absolute atomic E-state index is 13.5. The predicted molar refractivity (Wildman–Crippen MR) is 178 cm³/mol. The average Bonchev–Trinajstić information content (AvgIpc) is 3.51. The predicted octanol–water partition coefficient (Wildman–Crippen LogP) is 6.56. The van der Waals surface area contributed by atoms with Crippen LogP contribution in [0.2, 0.25) is 0 Å². The summed E-state index contributed by atoms with van der Waals surface area (Å²) in [5, 5.41) is 24.2. The van der Waals surface area contributed by atoms with Crippen LogP contribution in [0.15, 0.2) is 18.0 Å². The largest absolute Gasteiger partial charge is 0.481 e. The number of rotatable bonds is 8. The SMILES string of the molecule is CC(C)[C@@H](C)[C@@]1(C)CC[C@]2(C)[C@H]3CC[C@@H]4[C@@]5(C)COC[C@@]4(C3=CC[C@@]2(C)[C@@H]1C(=O)O)[C@@H](OCC(C)(N)C(C)C)[C@H](n1ncnn1)C5. The summed E-state index contributed by atoms with van der Waals surface area (Å²) in [6.07, 6.45) is 9.46. The Morgan fingerprint density at radius 2 is 1.85 bits per heavy atom. The van der Waals surface area contributed by atoms with Crippen molar-refractivity contribution < 1.29 is 19.4 Å². The number of carboxylic acid groups (broad SMARTS) is 1. The molecule has 1 aromatic heterocycles. The molecule has 9 heteroatoms. The topological polar surface area (TPSA) is 125 Å². The molecule has 1 saturated heterocycles. The molecule has 0 amide bonds. The van der Waals surface area contributed by atoms with Crippen molar-refractivity contribution in [2.24, 2.45) is 68.3 Å². The van der Waals surface area contributed by atoms with Crippen LogP contribution in [0.4, 0.5) is 0 Å². The van der Waals surface area contributed by atoms with Crippen LogP contribution in [0.25, 0.3) is 0 Å². The molecule has 1 aliphatic heterocycles. The third-order valence-electron chi connectivity index (χ3n) is 15.6. The number of hydrogen-bond donors (Lipinski definition) is 2. The van der Waals surface area contributed by atoms with Crippen LogP contribution in [-0.4, -0.2) is 62.7 Å². The van der Waals surface area contributed by atoms with Crippen molar-refractivity contribution in [1.29, 1.82) is 0 Å². The Balaban J connectivity index is 1.51. The van der Waals surface area contributed by atoms with Gasteiger partial charge in [-0.15, -0.1) is 10.2 Å². The van der Waals surface area contributed by atoms with Crippen molar-refractivity contribution in [3.63, 3.8) is 0 Å². The number of aromatic nitrogens is 4. The third kappa shape index (κ3) is 4.56. The van der Waals surface area contributed by atoms with Gasteiger partial charge in [-0.05, 0) is 102 Å². The van der Waals surface area contributed by atoms with Crippen molar-refractivity contribution in [3.05, 3.63) is 18.0 Å². The molecule has 2 bridgehead atoms. The van der Waals surface area contributed by atoms with E-state index in [4.69, 9.17) is 15.2 Å². The van der Waals surface area contributed by atoms with E-state index in [2.05, 4.69) is 90.7 Å². The van der Waals surface area contributed by atoms with E-state index < -0.39 is 17.4 Å². The van der Waals surface area contributed by atoms with Gasteiger partial charge in [0.15, 0.2) is 6.33 Å².